The fourth-order valence-electron chi connectivity index (χ4n) is 4.73. The molecule has 0 radical (unpaired) electrons. The molecule has 8 nitrogen and oxygen atoms in total. The summed E-state index contributed by atoms with van der Waals surface area (Å²) >= 11 is 13.0. The van der Waals surface area contributed by atoms with Crippen LogP contribution in [0.3, 0.4) is 0 Å². The van der Waals surface area contributed by atoms with Crippen LogP contribution in [-0.4, -0.2) is 34.6 Å². The number of nitrogens with zero attached hydrogens (tertiary/aromatic N) is 3. The minimum absolute atomic E-state index is 0.177. The molecule has 0 N–H and O–H groups in total. The fourth-order valence-corrected chi connectivity index (χ4v) is 5.29. The topological polar surface area (TPSA) is 82.9 Å². The maximum Gasteiger partial charge on any atom is 0.415 e. The van der Waals surface area contributed by atoms with Crippen LogP contribution in [0.4, 0.5) is 10.5 Å². The Labute approximate surface area is 268 Å². The van der Waals surface area contributed by atoms with Gasteiger partial charge in [-0.05, 0) is 92.8 Å². The third kappa shape index (κ3) is 7.73. The predicted molar refractivity (Wildman–Crippen MR) is 173 cm³/mol. The van der Waals surface area contributed by atoms with Gasteiger partial charge < -0.3 is 14.2 Å². The standard InChI is InChI=1S/C34H37Cl2N3O5/c1-21(2)26-18-37-39(31-27(35)12-9-13-28(31)36)30(26)20-43-25-14-15-29(22(3)16-25)38(33(41)44-34(4,5)6)19-23-10-8-11-24(17-23)32(40)42-7/h8-18,21H,19-20H2,1-7H3. The van der Waals surface area contributed by atoms with E-state index in [1.165, 1.54) is 7.11 Å². The Morgan fingerprint density at radius 3 is 2.30 bits per heavy atom. The molecule has 0 unspecified atom stereocenters. The van der Waals surface area contributed by atoms with E-state index in [4.69, 9.17) is 37.4 Å². The van der Waals surface area contributed by atoms with Crippen LogP contribution in [0.1, 0.15) is 73.3 Å². The SMILES string of the molecule is COC(=O)c1cccc(CN(C(=O)OC(C)(C)C)c2ccc(OCc3c(C(C)C)cnn3-c3c(Cl)cccc3Cl)cc2C)c1. The predicted octanol–water partition coefficient (Wildman–Crippen LogP) is 8.92. The molecule has 0 aliphatic carbocycles. The van der Waals surface area contributed by atoms with E-state index in [2.05, 4.69) is 18.9 Å². The van der Waals surface area contributed by atoms with Gasteiger partial charge in [-0.2, -0.15) is 5.10 Å². The molecule has 10 heteroatoms. The quantitative estimate of drug-likeness (QED) is 0.170. The smallest absolute Gasteiger partial charge is 0.415 e. The molecule has 0 aliphatic rings. The van der Waals surface area contributed by atoms with Crippen LogP contribution >= 0.6 is 23.2 Å². The molecule has 0 atom stereocenters. The number of amides is 1. The maximum atomic E-state index is 13.4. The van der Waals surface area contributed by atoms with E-state index in [1.54, 1.807) is 46.0 Å². The number of methoxy groups -OCH3 is 1. The number of ether oxygens (including phenoxy) is 3. The van der Waals surface area contributed by atoms with Crippen LogP contribution in [-0.2, 0) is 22.6 Å². The number of anilines is 1. The summed E-state index contributed by atoms with van der Waals surface area (Å²) in [7, 11) is 1.33. The van der Waals surface area contributed by atoms with E-state index in [1.807, 2.05) is 58.2 Å². The summed E-state index contributed by atoms with van der Waals surface area (Å²) < 4.78 is 18.6. The summed E-state index contributed by atoms with van der Waals surface area (Å²) in [6, 6.07) is 17.8. The van der Waals surface area contributed by atoms with Gasteiger partial charge in [0, 0.05) is 0 Å². The molecule has 0 aliphatic heterocycles. The highest BCUT2D eigenvalue weighted by Gasteiger charge is 2.26. The molecular formula is C34H37Cl2N3O5. The van der Waals surface area contributed by atoms with Gasteiger partial charge in [0.25, 0.3) is 0 Å². The first-order valence-electron chi connectivity index (χ1n) is 14.2. The van der Waals surface area contributed by atoms with Crippen molar-refractivity contribution in [2.24, 2.45) is 0 Å². The molecule has 1 aromatic heterocycles. The third-order valence-corrected chi connectivity index (χ3v) is 7.42. The van der Waals surface area contributed by atoms with Crippen molar-refractivity contribution < 1.29 is 23.8 Å². The molecule has 0 fully saturated rings. The monoisotopic (exact) mass is 637 g/mol. The highest BCUT2D eigenvalue weighted by molar-refractivity contribution is 6.37. The van der Waals surface area contributed by atoms with Gasteiger partial charge >= 0.3 is 12.1 Å². The zero-order valence-corrected chi connectivity index (χ0v) is 27.5. The van der Waals surface area contributed by atoms with Crippen molar-refractivity contribution in [1.29, 1.82) is 0 Å². The molecule has 0 saturated carbocycles. The summed E-state index contributed by atoms with van der Waals surface area (Å²) in [5, 5.41) is 5.55. The number of para-hydroxylation sites is 1. The molecule has 1 heterocycles. The Balaban J connectivity index is 1.64. The van der Waals surface area contributed by atoms with Gasteiger partial charge in [0.2, 0.25) is 0 Å². The normalized spacial score (nSPS) is 11.4. The first-order valence-corrected chi connectivity index (χ1v) is 15.0. The Morgan fingerprint density at radius 2 is 1.68 bits per heavy atom. The average molecular weight is 639 g/mol. The van der Waals surface area contributed by atoms with Crippen LogP contribution in [0.25, 0.3) is 5.69 Å². The average Bonchev–Trinajstić information content (AvgIpc) is 3.37. The summed E-state index contributed by atoms with van der Waals surface area (Å²) in [5.41, 5.74) is 4.31. The third-order valence-electron chi connectivity index (χ3n) is 6.81. The lowest BCUT2D eigenvalue weighted by Gasteiger charge is -2.29. The van der Waals surface area contributed by atoms with Crippen molar-refractivity contribution in [1.82, 2.24) is 9.78 Å². The van der Waals surface area contributed by atoms with Gasteiger partial charge in [0.05, 0.1) is 46.8 Å². The Hall–Kier alpha value is -4.01. The van der Waals surface area contributed by atoms with Gasteiger partial charge in [-0.15, -0.1) is 0 Å². The number of carbonyl (C=O) groups is 2. The van der Waals surface area contributed by atoms with Crippen molar-refractivity contribution in [3.05, 3.63) is 105 Å². The van der Waals surface area contributed by atoms with Gasteiger partial charge in [0.1, 0.15) is 23.6 Å². The van der Waals surface area contributed by atoms with Crippen molar-refractivity contribution >= 4 is 41.0 Å². The Kier molecular flexibility index (Phi) is 10.3. The van der Waals surface area contributed by atoms with E-state index in [0.29, 0.717) is 32.7 Å². The lowest BCUT2D eigenvalue weighted by Crippen LogP contribution is -2.37. The second-order valence-electron chi connectivity index (χ2n) is 11.7. The van der Waals surface area contributed by atoms with Gasteiger partial charge in [-0.25, -0.2) is 14.3 Å². The number of rotatable bonds is 9. The molecular weight excluding hydrogens is 601 g/mol. The van der Waals surface area contributed by atoms with E-state index in [-0.39, 0.29) is 19.1 Å². The first-order chi connectivity index (χ1) is 20.8. The van der Waals surface area contributed by atoms with Crippen LogP contribution in [0.5, 0.6) is 5.75 Å². The number of esters is 1. The molecule has 232 valence electrons. The highest BCUT2D eigenvalue weighted by Crippen LogP contribution is 2.33. The van der Waals surface area contributed by atoms with Crippen molar-refractivity contribution in [2.75, 3.05) is 12.0 Å². The zero-order valence-electron chi connectivity index (χ0n) is 26.0. The van der Waals surface area contributed by atoms with Crippen molar-refractivity contribution in [2.45, 2.75) is 66.2 Å². The minimum atomic E-state index is -0.707. The number of halogens is 2. The van der Waals surface area contributed by atoms with E-state index >= 15 is 0 Å². The number of hydrogen-bond donors (Lipinski definition) is 0. The molecule has 4 aromatic rings. The second-order valence-corrected chi connectivity index (χ2v) is 12.5. The highest BCUT2D eigenvalue weighted by atomic mass is 35.5. The van der Waals surface area contributed by atoms with Crippen LogP contribution < -0.4 is 9.64 Å². The van der Waals surface area contributed by atoms with E-state index in [0.717, 1.165) is 22.4 Å². The maximum absolute atomic E-state index is 13.4. The van der Waals surface area contributed by atoms with Gasteiger partial charge in [0.15, 0.2) is 0 Å². The minimum Gasteiger partial charge on any atom is -0.487 e. The number of carbonyl (C=O) groups excluding carboxylic acids is 2. The van der Waals surface area contributed by atoms with E-state index in [9.17, 15) is 9.59 Å². The second kappa shape index (κ2) is 13.7. The molecule has 44 heavy (non-hydrogen) atoms. The lowest BCUT2D eigenvalue weighted by atomic mass is 10.0. The summed E-state index contributed by atoms with van der Waals surface area (Å²) in [5.74, 6) is 0.343. The molecule has 1 amide bonds. The molecule has 0 spiro atoms. The Bertz CT molecular complexity index is 1640. The zero-order chi connectivity index (χ0) is 32.2. The molecule has 4 rings (SSSR count). The summed E-state index contributed by atoms with van der Waals surface area (Å²) in [4.78, 5) is 27.1. The number of aryl methyl sites for hydroxylation is 1. The number of hydrogen-bond acceptors (Lipinski definition) is 6. The number of benzene rings is 3. The molecule has 0 bridgehead atoms. The lowest BCUT2D eigenvalue weighted by molar-refractivity contribution is 0.0575. The Morgan fingerprint density at radius 1 is 1.00 bits per heavy atom. The van der Waals surface area contributed by atoms with E-state index < -0.39 is 17.7 Å². The van der Waals surface area contributed by atoms with Crippen molar-refractivity contribution in [3.8, 4) is 11.4 Å². The van der Waals surface area contributed by atoms with Crippen LogP contribution in [0.15, 0.2) is 66.9 Å². The number of aromatic nitrogens is 2. The summed E-state index contributed by atoms with van der Waals surface area (Å²) in [6.45, 7) is 11.9. The fraction of sp³-hybridized carbons (Fsp3) is 0.324. The first kappa shape index (κ1) is 32.9. The van der Waals surface area contributed by atoms with Crippen LogP contribution in [0, 0.1) is 6.92 Å². The van der Waals surface area contributed by atoms with Gasteiger partial charge in [-0.1, -0.05) is 55.2 Å². The van der Waals surface area contributed by atoms with Crippen molar-refractivity contribution in [3.63, 3.8) is 0 Å². The van der Waals surface area contributed by atoms with Gasteiger partial charge in [-0.3, -0.25) is 4.90 Å². The molecule has 3 aromatic carbocycles. The largest absolute Gasteiger partial charge is 0.487 e. The molecule has 0 saturated heterocycles. The summed E-state index contributed by atoms with van der Waals surface area (Å²) in [6.07, 6.45) is 1.30. The van der Waals surface area contributed by atoms with Crippen LogP contribution in [0.2, 0.25) is 10.0 Å².